The third-order valence-corrected chi connectivity index (χ3v) is 7.59. The quantitative estimate of drug-likeness (QED) is 0.862. The van der Waals surface area contributed by atoms with Crippen molar-refractivity contribution in [1.29, 1.82) is 0 Å². The summed E-state index contributed by atoms with van der Waals surface area (Å²) < 4.78 is 37.9. The molecule has 25 heavy (non-hydrogen) atoms. The zero-order valence-electron chi connectivity index (χ0n) is 14.4. The van der Waals surface area contributed by atoms with Gasteiger partial charge in [-0.1, -0.05) is 12.1 Å². The van der Waals surface area contributed by atoms with Gasteiger partial charge in [0.15, 0.2) is 11.5 Å². The molecule has 1 N–H and O–H groups in total. The van der Waals surface area contributed by atoms with Crippen molar-refractivity contribution in [3.05, 3.63) is 23.8 Å². The van der Waals surface area contributed by atoms with Crippen LogP contribution in [0.25, 0.3) is 0 Å². The smallest absolute Gasteiger partial charge is 0.216 e. The van der Waals surface area contributed by atoms with E-state index in [-0.39, 0.29) is 5.25 Å². The van der Waals surface area contributed by atoms with E-state index in [1.54, 1.807) is 4.31 Å². The molecule has 0 unspecified atom stereocenters. The van der Waals surface area contributed by atoms with Crippen LogP contribution in [0.4, 0.5) is 0 Å². The van der Waals surface area contributed by atoms with Crippen molar-refractivity contribution in [3.8, 4) is 11.5 Å². The minimum absolute atomic E-state index is 0.103. The molecule has 3 aliphatic rings. The maximum absolute atomic E-state index is 12.3. The molecule has 1 saturated heterocycles. The molecule has 7 heteroatoms. The Balaban J connectivity index is 1.33. The fourth-order valence-electron chi connectivity index (χ4n) is 3.54. The summed E-state index contributed by atoms with van der Waals surface area (Å²) in [6, 6.07) is 6.35. The van der Waals surface area contributed by atoms with E-state index < -0.39 is 10.0 Å². The molecular weight excluding hydrogens is 340 g/mol. The van der Waals surface area contributed by atoms with E-state index in [1.807, 2.05) is 12.1 Å². The molecule has 1 aliphatic carbocycles. The molecule has 1 saturated carbocycles. The first-order valence-corrected chi connectivity index (χ1v) is 10.7. The number of piperidine rings is 1. The lowest BCUT2D eigenvalue weighted by Crippen LogP contribution is -2.45. The van der Waals surface area contributed by atoms with Gasteiger partial charge < -0.3 is 14.8 Å². The van der Waals surface area contributed by atoms with Crippen LogP contribution in [-0.4, -0.2) is 50.3 Å². The van der Waals surface area contributed by atoms with Crippen molar-refractivity contribution in [2.75, 3.05) is 26.3 Å². The van der Waals surface area contributed by atoms with Gasteiger partial charge >= 0.3 is 0 Å². The molecule has 1 aromatic rings. The molecule has 1 aromatic carbocycles. The Hall–Kier alpha value is -1.31. The van der Waals surface area contributed by atoms with Crippen molar-refractivity contribution in [2.24, 2.45) is 0 Å². The highest BCUT2D eigenvalue weighted by Crippen LogP contribution is 2.34. The summed E-state index contributed by atoms with van der Waals surface area (Å²) in [5, 5.41) is 3.47. The Morgan fingerprint density at radius 2 is 1.84 bits per heavy atom. The van der Waals surface area contributed by atoms with Crippen molar-refractivity contribution in [3.63, 3.8) is 0 Å². The van der Waals surface area contributed by atoms with Crippen molar-refractivity contribution < 1.29 is 17.9 Å². The number of benzene rings is 1. The SMILES string of the molecule is O=S(=O)(C1CC1)N1CCC(NCc2cccc3c2OCCCO3)CC1. The second kappa shape index (κ2) is 7.13. The van der Waals surface area contributed by atoms with Crippen molar-refractivity contribution in [2.45, 2.75) is 49.9 Å². The van der Waals surface area contributed by atoms with Gasteiger partial charge in [0, 0.05) is 37.7 Å². The summed E-state index contributed by atoms with van der Waals surface area (Å²) >= 11 is 0. The number of hydrogen-bond donors (Lipinski definition) is 1. The average molecular weight is 366 g/mol. The molecule has 138 valence electrons. The molecule has 2 aliphatic heterocycles. The summed E-state index contributed by atoms with van der Waals surface area (Å²) in [6.45, 7) is 3.35. The molecule has 0 bridgehead atoms. The summed E-state index contributed by atoms with van der Waals surface area (Å²) in [7, 11) is -3.03. The van der Waals surface area contributed by atoms with Crippen molar-refractivity contribution >= 4 is 10.0 Å². The molecule has 2 fully saturated rings. The van der Waals surface area contributed by atoms with Crippen LogP contribution >= 0.6 is 0 Å². The first-order chi connectivity index (χ1) is 12.1. The number of fused-ring (bicyclic) bond motifs is 1. The fraction of sp³-hybridized carbons (Fsp3) is 0.667. The Morgan fingerprint density at radius 1 is 1.08 bits per heavy atom. The number of ether oxygens (including phenoxy) is 2. The third kappa shape index (κ3) is 3.78. The zero-order chi connectivity index (χ0) is 17.3. The predicted octanol–water partition coefficient (Wildman–Crippen LogP) is 1.89. The summed E-state index contributed by atoms with van der Waals surface area (Å²) in [4.78, 5) is 0. The van der Waals surface area contributed by atoms with Gasteiger partial charge in [0.1, 0.15) is 0 Å². The topological polar surface area (TPSA) is 67.9 Å². The van der Waals surface area contributed by atoms with Crippen molar-refractivity contribution in [1.82, 2.24) is 9.62 Å². The molecule has 0 aromatic heterocycles. The van der Waals surface area contributed by atoms with Crippen LogP contribution in [0.15, 0.2) is 18.2 Å². The lowest BCUT2D eigenvalue weighted by atomic mass is 10.1. The van der Waals surface area contributed by atoms with Crippen LogP contribution in [0, 0.1) is 0 Å². The molecule has 0 spiro atoms. The van der Waals surface area contributed by atoms with E-state index in [9.17, 15) is 8.42 Å². The van der Waals surface area contributed by atoms with E-state index in [1.165, 1.54) is 0 Å². The molecule has 0 amide bonds. The highest BCUT2D eigenvalue weighted by molar-refractivity contribution is 7.90. The summed E-state index contributed by atoms with van der Waals surface area (Å²) in [6.07, 6.45) is 4.29. The van der Waals surface area contributed by atoms with E-state index in [4.69, 9.17) is 9.47 Å². The Labute approximate surface area is 149 Å². The van der Waals surface area contributed by atoms with Crippen LogP contribution in [0.1, 0.15) is 37.7 Å². The van der Waals surface area contributed by atoms with Gasteiger partial charge in [-0.05, 0) is 31.7 Å². The standard InChI is InChI=1S/C18H26N2O4S/c21-25(22,16-5-6-16)20-9-7-15(8-10-20)19-13-14-3-1-4-17-18(14)24-12-2-11-23-17/h1,3-4,15-16,19H,2,5-13H2. The normalized spacial score (nSPS) is 22.6. The lowest BCUT2D eigenvalue weighted by molar-refractivity contribution is 0.284. The molecular formula is C18H26N2O4S. The largest absolute Gasteiger partial charge is 0.490 e. The monoisotopic (exact) mass is 366 g/mol. The molecule has 6 nitrogen and oxygen atoms in total. The van der Waals surface area contributed by atoms with E-state index in [0.29, 0.717) is 38.9 Å². The average Bonchev–Trinajstić information content (AvgIpc) is 3.47. The van der Waals surface area contributed by atoms with Gasteiger partial charge in [0.25, 0.3) is 0 Å². The highest BCUT2D eigenvalue weighted by atomic mass is 32.2. The first-order valence-electron chi connectivity index (χ1n) is 9.24. The van der Waals surface area contributed by atoms with Crippen LogP contribution in [0.5, 0.6) is 11.5 Å². The molecule has 0 atom stereocenters. The molecule has 4 rings (SSSR count). The maximum atomic E-state index is 12.3. The number of nitrogens with one attached hydrogen (secondary N) is 1. The Morgan fingerprint density at radius 3 is 2.60 bits per heavy atom. The Kier molecular flexibility index (Phi) is 4.88. The van der Waals surface area contributed by atoms with Gasteiger partial charge in [-0.3, -0.25) is 0 Å². The predicted molar refractivity (Wildman–Crippen MR) is 95.4 cm³/mol. The lowest BCUT2D eigenvalue weighted by Gasteiger charge is -2.32. The van der Waals surface area contributed by atoms with Gasteiger partial charge in [-0.15, -0.1) is 0 Å². The number of nitrogens with zero attached hydrogens (tertiary/aromatic N) is 1. The van der Waals surface area contributed by atoms with Gasteiger partial charge in [-0.25, -0.2) is 12.7 Å². The van der Waals surface area contributed by atoms with Crippen LogP contribution in [0.2, 0.25) is 0 Å². The second-order valence-electron chi connectivity index (χ2n) is 7.09. The first kappa shape index (κ1) is 17.1. The summed E-state index contributed by atoms with van der Waals surface area (Å²) in [5.74, 6) is 1.67. The number of rotatable bonds is 5. The fourth-order valence-corrected chi connectivity index (χ4v) is 5.41. The second-order valence-corrected chi connectivity index (χ2v) is 9.31. The number of para-hydroxylation sites is 1. The Bertz CT molecular complexity index is 710. The number of hydrogen-bond acceptors (Lipinski definition) is 5. The number of sulfonamides is 1. The highest BCUT2D eigenvalue weighted by Gasteiger charge is 2.41. The van der Waals surface area contributed by atoms with E-state index in [2.05, 4.69) is 11.4 Å². The minimum atomic E-state index is -3.03. The minimum Gasteiger partial charge on any atom is -0.490 e. The van der Waals surface area contributed by atoms with E-state index in [0.717, 1.165) is 49.2 Å². The van der Waals surface area contributed by atoms with Gasteiger partial charge in [0.2, 0.25) is 10.0 Å². The van der Waals surface area contributed by atoms with Gasteiger partial charge in [-0.2, -0.15) is 0 Å². The van der Waals surface area contributed by atoms with Crippen LogP contribution in [-0.2, 0) is 16.6 Å². The van der Waals surface area contributed by atoms with Gasteiger partial charge in [0.05, 0.1) is 18.5 Å². The maximum Gasteiger partial charge on any atom is 0.216 e. The van der Waals surface area contributed by atoms with Crippen LogP contribution in [0.3, 0.4) is 0 Å². The van der Waals surface area contributed by atoms with Crippen LogP contribution < -0.4 is 14.8 Å². The molecule has 2 heterocycles. The van der Waals surface area contributed by atoms with E-state index >= 15 is 0 Å². The third-order valence-electron chi connectivity index (χ3n) is 5.19. The molecule has 0 radical (unpaired) electrons. The zero-order valence-corrected chi connectivity index (χ0v) is 15.3. The summed E-state index contributed by atoms with van der Waals surface area (Å²) in [5.41, 5.74) is 1.10.